The van der Waals surface area contributed by atoms with Gasteiger partial charge in [-0.15, -0.1) is 0 Å². The molecule has 1 aliphatic heterocycles. The van der Waals surface area contributed by atoms with Crippen LogP contribution >= 0.6 is 0 Å². The molecule has 2 rings (SSSR count). The predicted molar refractivity (Wildman–Crippen MR) is 74.3 cm³/mol. The van der Waals surface area contributed by atoms with Crippen molar-refractivity contribution in [2.45, 2.75) is 25.8 Å². The van der Waals surface area contributed by atoms with Crippen molar-refractivity contribution in [3.63, 3.8) is 0 Å². The van der Waals surface area contributed by atoms with Gasteiger partial charge in [-0.2, -0.15) is 0 Å². The number of nitro groups is 1. The first-order valence-electron chi connectivity index (χ1n) is 6.75. The Hall–Kier alpha value is -1.89. The first-order valence-corrected chi connectivity index (χ1v) is 6.75. The number of aryl methyl sites for hydroxylation is 1. The summed E-state index contributed by atoms with van der Waals surface area (Å²) in [6.45, 7) is 3.22. The van der Waals surface area contributed by atoms with E-state index >= 15 is 0 Å². The van der Waals surface area contributed by atoms with Crippen molar-refractivity contribution in [3.8, 4) is 0 Å². The van der Waals surface area contributed by atoms with Crippen LogP contribution in [0.15, 0.2) is 12.3 Å². The predicted octanol–water partition coefficient (Wildman–Crippen LogP) is 1.13. The van der Waals surface area contributed by atoms with Gasteiger partial charge in [0.25, 0.3) is 11.6 Å². The van der Waals surface area contributed by atoms with Crippen LogP contribution in [0.4, 0.5) is 5.69 Å². The molecule has 0 saturated carbocycles. The first-order chi connectivity index (χ1) is 9.43. The summed E-state index contributed by atoms with van der Waals surface area (Å²) in [4.78, 5) is 24.6. The Bertz CT molecular complexity index is 526. The van der Waals surface area contributed by atoms with Crippen LogP contribution in [-0.4, -0.2) is 39.4 Å². The van der Waals surface area contributed by atoms with Crippen molar-refractivity contribution in [1.82, 2.24) is 9.47 Å². The Morgan fingerprint density at radius 2 is 2.30 bits per heavy atom. The summed E-state index contributed by atoms with van der Waals surface area (Å²) in [5.41, 5.74) is 6.03. The highest BCUT2D eigenvalue weighted by Gasteiger charge is 2.31. The van der Waals surface area contributed by atoms with Gasteiger partial charge in [0.1, 0.15) is 5.69 Å². The lowest BCUT2D eigenvalue weighted by Gasteiger charge is -2.37. The summed E-state index contributed by atoms with van der Waals surface area (Å²) in [6, 6.07) is 1.34. The van der Waals surface area contributed by atoms with E-state index in [-0.39, 0.29) is 17.6 Å². The molecule has 0 spiro atoms. The molecule has 2 unspecified atom stereocenters. The maximum atomic E-state index is 12.6. The number of amides is 1. The van der Waals surface area contributed by atoms with Crippen LogP contribution in [0.2, 0.25) is 0 Å². The largest absolute Gasteiger partial charge is 0.340 e. The molecule has 0 aliphatic carbocycles. The molecule has 1 aromatic rings. The molecule has 1 amide bonds. The quantitative estimate of drug-likeness (QED) is 0.663. The third-order valence-corrected chi connectivity index (χ3v) is 3.93. The van der Waals surface area contributed by atoms with Gasteiger partial charge in [0, 0.05) is 32.2 Å². The number of rotatable bonds is 3. The van der Waals surface area contributed by atoms with Gasteiger partial charge in [-0.05, 0) is 18.8 Å². The van der Waals surface area contributed by atoms with Gasteiger partial charge in [-0.1, -0.05) is 6.92 Å². The maximum absolute atomic E-state index is 12.6. The van der Waals surface area contributed by atoms with Crippen LogP contribution in [-0.2, 0) is 7.05 Å². The number of aromatic nitrogens is 1. The lowest BCUT2D eigenvalue weighted by molar-refractivity contribution is -0.384. The number of carbonyl (C=O) groups is 1. The summed E-state index contributed by atoms with van der Waals surface area (Å²) in [5, 5.41) is 10.8. The molecule has 2 heterocycles. The number of hydrogen-bond donors (Lipinski definition) is 1. The normalized spacial score (nSPS) is 22.9. The number of likely N-dealkylation sites (tertiary alicyclic amines) is 1. The Labute approximate surface area is 117 Å². The molecule has 2 atom stereocenters. The summed E-state index contributed by atoms with van der Waals surface area (Å²) in [5.74, 6) is 0.373. The van der Waals surface area contributed by atoms with Gasteiger partial charge in [0.2, 0.25) is 0 Å². The highest BCUT2D eigenvalue weighted by Crippen LogP contribution is 2.25. The van der Waals surface area contributed by atoms with E-state index < -0.39 is 4.92 Å². The van der Waals surface area contributed by atoms with Crippen LogP contribution in [0.25, 0.3) is 0 Å². The fourth-order valence-electron chi connectivity index (χ4n) is 2.75. The smallest absolute Gasteiger partial charge is 0.287 e. The molecule has 0 radical (unpaired) electrons. The molecule has 0 bridgehead atoms. The molecule has 1 aromatic heterocycles. The molecule has 110 valence electrons. The highest BCUT2D eigenvalue weighted by atomic mass is 16.6. The van der Waals surface area contributed by atoms with Gasteiger partial charge in [-0.3, -0.25) is 14.9 Å². The van der Waals surface area contributed by atoms with Crippen LogP contribution in [0, 0.1) is 16.0 Å². The summed E-state index contributed by atoms with van der Waals surface area (Å²) in [7, 11) is 1.64. The monoisotopic (exact) mass is 280 g/mol. The molecule has 1 saturated heterocycles. The van der Waals surface area contributed by atoms with Crippen molar-refractivity contribution in [2.75, 3.05) is 13.1 Å². The number of carbonyl (C=O) groups excluding carboxylic acids is 1. The minimum absolute atomic E-state index is 0.0141. The number of piperidine rings is 1. The minimum atomic E-state index is -0.491. The van der Waals surface area contributed by atoms with E-state index in [1.807, 2.05) is 0 Å². The van der Waals surface area contributed by atoms with Gasteiger partial charge in [0.15, 0.2) is 0 Å². The second kappa shape index (κ2) is 5.62. The van der Waals surface area contributed by atoms with E-state index in [2.05, 4.69) is 6.92 Å². The molecule has 2 N–H and O–H groups in total. The molecule has 0 aromatic carbocycles. The average Bonchev–Trinajstić information content (AvgIpc) is 2.80. The molecule has 7 nitrogen and oxygen atoms in total. The van der Waals surface area contributed by atoms with E-state index in [0.717, 1.165) is 12.8 Å². The molecule has 1 fully saturated rings. The zero-order valence-corrected chi connectivity index (χ0v) is 11.8. The van der Waals surface area contributed by atoms with Gasteiger partial charge >= 0.3 is 0 Å². The molecular formula is C13H20N4O3. The number of nitrogens with zero attached hydrogens (tertiary/aromatic N) is 3. The Morgan fingerprint density at radius 1 is 1.60 bits per heavy atom. The average molecular weight is 280 g/mol. The second-order valence-corrected chi connectivity index (χ2v) is 5.47. The first kappa shape index (κ1) is 14.5. The topological polar surface area (TPSA) is 94.4 Å². The van der Waals surface area contributed by atoms with Crippen molar-refractivity contribution < 1.29 is 9.72 Å². The van der Waals surface area contributed by atoms with Crippen LogP contribution in [0.3, 0.4) is 0 Å². The van der Waals surface area contributed by atoms with E-state index in [1.165, 1.54) is 16.8 Å². The molecular weight excluding hydrogens is 260 g/mol. The number of nitrogens with two attached hydrogens (primary N) is 1. The van der Waals surface area contributed by atoms with Crippen molar-refractivity contribution >= 4 is 11.6 Å². The number of hydrogen-bond acceptors (Lipinski definition) is 4. The Morgan fingerprint density at radius 3 is 2.85 bits per heavy atom. The Balaban J connectivity index is 2.24. The van der Waals surface area contributed by atoms with Gasteiger partial charge in [-0.25, -0.2) is 0 Å². The zero-order valence-electron chi connectivity index (χ0n) is 11.8. The lowest BCUT2D eigenvalue weighted by Crippen LogP contribution is -2.49. The van der Waals surface area contributed by atoms with Crippen molar-refractivity contribution in [3.05, 3.63) is 28.1 Å². The molecule has 20 heavy (non-hydrogen) atoms. The Kier molecular flexibility index (Phi) is 4.08. The third kappa shape index (κ3) is 2.67. The van der Waals surface area contributed by atoms with Crippen LogP contribution < -0.4 is 5.73 Å². The van der Waals surface area contributed by atoms with Gasteiger partial charge < -0.3 is 15.2 Å². The zero-order chi connectivity index (χ0) is 14.9. The second-order valence-electron chi connectivity index (χ2n) is 5.47. The van der Waals surface area contributed by atoms with E-state index in [4.69, 9.17) is 5.73 Å². The fourth-order valence-corrected chi connectivity index (χ4v) is 2.75. The van der Waals surface area contributed by atoms with E-state index in [9.17, 15) is 14.9 Å². The maximum Gasteiger partial charge on any atom is 0.287 e. The fraction of sp³-hybridized carbons (Fsp3) is 0.615. The summed E-state index contributed by atoms with van der Waals surface area (Å²) in [6.07, 6.45) is 3.18. The van der Waals surface area contributed by atoms with Crippen LogP contribution in [0.5, 0.6) is 0 Å². The lowest BCUT2D eigenvalue weighted by atomic mass is 9.92. The van der Waals surface area contributed by atoms with E-state index in [0.29, 0.717) is 24.7 Å². The van der Waals surface area contributed by atoms with Crippen LogP contribution in [0.1, 0.15) is 30.3 Å². The minimum Gasteiger partial charge on any atom is -0.340 e. The van der Waals surface area contributed by atoms with E-state index in [1.54, 1.807) is 11.9 Å². The SMILES string of the molecule is CC1CCN(C(=O)c2cc([N+](=O)[O-])cn2C)C(CN)C1. The molecule has 7 heteroatoms. The summed E-state index contributed by atoms with van der Waals surface area (Å²) < 4.78 is 1.51. The highest BCUT2D eigenvalue weighted by molar-refractivity contribution is 5.93. The van der Waals surface area contributed by atoms with Gasteiger partial charge in [0.05, 0.1) is 11.1 Å². The van der Waals surface area contributed by atoms with Crippen molar-refractivity contribution in [1.29, 1.82) is 0 Å². The third-order valence-electron chi connectivity index (χ3n) is 3.93. The summed E-state index contributed by atoms with van der Waals surface area (Å²) >= 11 is 0. The standard InChI is InChI=1S/C13H20N4O3/c1-9-3-4-16(10(5-9)7-14)13(18)12-6-11(17(19)20)8-15(12)2/h6,8-10H,3-5,7,14H2,1-2H3. The molecule has 1 aliphatic rings. The van der Waals surface area contributed by atoms with Crippen molar-refractivity contribution in [2.24, 2.45) is 18.7 Å².